The molecule has 1 atom stereocenters. The lowest BCUT2D eigenvalue weighted by Crippen LogP contribution is -2.59. The summed E-state index contributed by atoms with van der Waals surface area (Å²) in [6, 6.07) is 0.225. The van der Waals surface area contributed by atoms with Gasteiger partial charge in [-0.2, -0.15) is 0 Å². The van der Waals surface area contributed by atoms with Crippen molar-refractivity contribution in [3.8, 4) is 0 Å². The summed E-state index contributed by atoms with van der Waals surface area (Å²) in [6.45, 7) is 5.96. The number of nitrogens with two attached hydrogens (primary N) is 1. The highest BCUT2D eigenvalue weighted by atomic mass is 16.2. The van der Waals surface area contributed by atoms with Gasteiger partial charge >= 0.3 is 0 Å². The molecule has 1 aliphatic carbocycles. The predicted molar refractivity (Wildman–Crippen MR) is 55.7 cm³/mol. The van der Waals surface area contributed by atoms with Crippen molar-refractivity contribution in [1.29, 1.82) is 0 Å². The molecule has 1 amide bonds. The van der Waals surface area contributed by atoms with Crippen LogP contribution in [-0.2, 0) is 4.79 Å². The summed E-state index contributed by atoms with van der Waals surface area (Å²) in [5.41, 5.74) is 5.88. The summed E-state index contributed by atoms with van der Waals surface area (Å²) in [4.78, 5) is 14.0. The Balaban J connectivity index is 1.98. The van der Waals surface area contributed by atoms with Crippen molar-refractivity contribution in [2.24, 2.45) is 17.1 Å². The smallest absolute Gasteiger partial charge is 0.226 e. The Labute approximate surface area is 85.6 Å². The highest BCUT2D eigenvalue weighted by Crippen LogP contribution is 2.43. The Kier molecular flexibility index (Phi) is 2.30. The molecule has 3 nitrogen and oxygen atoms in total. The van der Waals surface area contributed by atoms with Crippen LogP contribution < -0.4 is 5.73 Å². The molecule has 0 radical (unpaired) electrons. The highest BCUT2D eigenvalue weighted by Gasteiger charge is 2.43. The molecular formula is C11H20N2O. The summed E-state index contributed by atoms with van der Waals surface area (Å²) in [6.07, 6.45) is 3.45. The van der Waals surface area contributed by atoms with Crippen LogP contribution in [0, 0.1) is 11.3 Å². The Morgan fingerprint density at radius 3 is 2.50 bits per heavy atom. The van der Waals surface area contributed by atoms with Crippen LogP contribution in [0.25, 0.3) is 0 Å². The van der Waals surface area contributed by atoms with Crippen LogP contribution in [0.2, 0.25) is 0 Å². The molecule has 2 rings (SSSR count). The maximum absolute atomic E-state index is 12.1. The first kappa shape index (κ1) is 9.97. The standard InChI is InChI=1S/C11H20N2O/c1-11(2)5-3-4-9(11)10(14)13-6-8(12)7-13/h8-9H,3-7,12H2,1-2H3. The number of amides is 1. The Morgan fingerprint density at radius 2 is 2.07 bits per heavy atom. The first-order valence-corrected chi connectivity index (χ1v) is 5.55. The summed E-state index contributed by atoms with van der Waals surface area (Å²) in [5, 5.41) is 0. The van der Waals surface area contributed by atoms with E-state index in [-0.39, 0.29) is 17.4 Å². The lowest BCUT2D eigenvalue weighted by Gasteiger charge is -2.40. The molecule has 0 aromatic carbocycles. The van der Waals surface area contributed by atoms with Crippen LogP contribution in [0.15, 0.2) is 0 Å². The largest absolute Gasteiger partial charge is 0.339 e. The molecule has 1 saturated carbocycles. The van der Waals surface area contributed by atoms with Gasteiger partial charge in [0.25, 0.3) is 0 Å². The molecule has 1 unspecified atom stereocenters. The van der Waals surface area contributed by atoms with Gasteiger partial charge in [-0.05, 0) is 18.3 Å². The molecule has 2 aliphatic rings. The van der Waals surface area contributed by atoms with Crippen LogP contribution in [0.4, 0.5) is 0 Å². The molecule has 2 N–H and O–H groups in total. The molecule has 0 bridgehead atoms. The number of nitrogens with zero attached hydrogens (tertiary/aromatic N) is 1. The molecule has 80 valence electrons. The van der Waals surface area contributed by atoms with E-state index < -0.39 is 0 Å². The fraction of sp³-hybridized carbons (Fsp3) is 0.909. The molecule has 0 spiro atoms. The molecule has 2 fully saturated rings. The van der Waals surface area contributed by atoms with Gasteiger partial charge in [0.2, 0.25) is 5.91 Å². The van der Waals surface area contributed by atoms with E-state index in [4.69, 9.17) is 5.73 Å². The monoisotopic (exact) mass is 196 g/mol. The van der Waals surface area contributed by atoms with E-state index in [1.807, 2.05) is 4.90 Å². The van der Waals surface area contributed by atoms with Crippen molar-refractivity contribution in [3.05, 3.63) is 0 Å². The zero-order chi connectivity index (χ0) is 10.3. The van der Waals surface area contributed by atoms with Gasteiger partial charge in [-0.25, -0.2) is 0 Å². The minimum absolute atomic E-state index is 0.205. The van der Waals surface area contributed by atoms with Crippen molar-refractivity contribution >= 4 is 5.91 Å². The van der Waals surface area contributed by atoms with Crippen molar-refractivity contribution in [2.45, 2.75) is 39.2 Å². The molecule has 14 heavy (non-hydrogen) atoms. The lowest BCUT2D eigenvalue weighted by molar-refractivity contribution is -0.142. The Morgan fingerprint density at radius 1 is 1.43 bits per heavy atom. The zero-order valence-electron chi connectivity index (χ0n) is 9.12. The highest BCUT2D eigenvalue weighted by molar-refractivity contribution is 5.80. The zero-order valence-corrected chi connectivity index (χ0v) is 9.12. The minimum Gasteiger partial charge on any atom is -0.339 e. The number of hydrogen-bond donors (Lipinski definition) is 1. The molecule has 0 aromatic heterocycles. The van der Waals surface area contributed by atoms with Gasteiger partial charge in [0.05, 0.1) is 0 Å². The number of likely N-dealkylation sites (tertiary alicyclic amines) is 1. The van der Waals surface area contributed by atoms with Crippen LogP contribution in [-0.4, -0.2) is 29.9 Å². The average molecular weight is 196 g/mol. The summed E-state index contributed by atoms with van der Waals surface area (Å²) >= 11 is 0. The van der Waals surface area contributed by atoms with Crippen molar-refractivity contribution < 1.29 is 4.79 Å². The van der Waals surface area contributed by atoms with E-state index in [1.54, 1.807) is 0 Å². The maximum atomic E-state index is 12.1. The quantitative estimate of drug-likeness (QED) is 0.679. The summed E-state index contributed by atoms with van der Waals surface area (Å²) in [7, 11) is 0. The topological polar surface area (TPSA) is 46.3 Å². The predicted octanol–water partition coefficient (Wildman–Crippen LogP) is 0.982. The van der Waals surface area contributed by atoms with Crippen LogP contribution in [0.5, 0.6) is 0 Å². The van der Waals surface area contributed by atoms with Gasteiger partial charge in [0, 0.05) is 25.0 Å². The van der Waals surface area contributed by atoms with E-state index in [0.29, 0.717) is 5.91 Å². The van der Waals surface area contributed by atoms with Crippen LogP contribution in [0.3, 0.4) is 0 Å². The molecule has 1 heterocycles. The van der Waals surface area contributed by atoms with Crippen molar-refractivity contribution in [3.63, 3.8) is 0 Å². The molecule has 1 aliphatic heterocycles. The molecule has 3 heteroatoms. The van der Waals surface area contributed by atoms with E-state index in [2.05, 4.69) is 13.8 Å². The average Bonchev–Trinajstić information content (AvgIpc) is 2.38. The second-order valence-electron chi connectivity index (χ2n) is 5.44. The van der Waals surface area contributed by atoms with E-state index in [1.165, 1.54) is 12.8 Å². The molecular weight excluding hydrogens is 176 g/mol. The fourth-order valence-corrected chi connectivity index (χ4v) is 2.70. The van der Waals surface area contributed by atoms with Crippen molar-refractivity contribution in [2.75, 3.05) is 13.1 Å². The molecule has 0 aromatic rings. The second-order valence-corrected chi connectivity index (χ2v) is 5.44. The second kappa shape index (κ2) is 3.23. The number of rotatable bonds is 1. The Hall–Kier alpha value is -0.570. The lowest BCUT2D eigenvalue weighted by atomic mass is 9.80. The van der Waals surface area contributed by atoms with E-state index in [0.717, 1.165) is 19.5 Å². The summed E-state index contributed by atoms with van der Waals surface area (Å²) in [5.74, 6) is 0.587. The number of carbonyl (C=O) groups excluding carboxylic acids is 1. The third-order valence-corrected chi connectivity index (χ3v) is 3.78. The summed E-state index contributed by atoms with van der Waals surface area (Å²) < 4.78 is 0. The number of carbonyl (C=O) groups is 1. The first-order valence-electron chi connectivity index (χ1n) is 5.55. The van der Waals surface area contributed by atoms with E-state index in [9.17, 15) is 4.79 Å². The van der Waals surface area contributed by atoms with Crippen LogP contribution in [0.1, 0.15) is 33.1 Å². The Bertz CT molecular complexity index is 244. The van der Waals surface area contributed by atoms with Gasteiger partial charge < -0.3 is 10.6 Å². The third kappa shape index (κ3) is 1.54. The van der Waals surface area contributed by atoms with E-state index >= 15 is 0 Å². The number of hydrogen-bond acceptors (Lipinski definition) is 2. The maximum Gasteiger partial charge on any atom is 0.226 e. The van der Waals surface area contributed by atoms with Gasteiger partial charge in [0.15, 0.2) is 0 Å². The van der Waals surface area contributed by atoms with Crippen LogP contribution >= 0.6 is 0 Å². The minimum atomic E-state index is 0.205. The third-order valence-electron chi connectivity index (χ3n) is 3.78. The fourth-order valence-electron chi connectivity index (χ4n) is 2.70. The van der Waals surface area contributed by atoms with Gasteiger partial charge in [-0.1, -0.05) is 20.3 Å². The van der Waals surface area contributed by atoms with Gasteiger partial charge in [0.1, 0.15) is 0 Å². The van der Waals surface area contributed by atoms with Gasteiger partial charge in [-0.15, -0.1) is 0 Å². The van der Waals surface area contributed by atoms with Crippen molar-refractivity contribution in [1.82, 2.24) is 4.90 Å². The molecule has 1 saturated heterocycles. The SMILES string of the molecule is CC1(C)CCCC1C(=O)N1CC(N)C1. The first-order chi connectivity index (χ1) is 6.50. The van der Waals surface area contributed by atoms with Gasteiger partial charge in [-0.3, -0.25) is 4.79 Å². The normalized spacial score (nSPS) is 31.6.